The molecule has 5 aromatic rings. The Bertz CT molecular complexity index is 2060. The van der Waals surface area contributed by atoms with Gasteiger partial charge in [0.1, 0.15) is 48.0 Å². The van der Waals surface area contributed by atoms with Gasteiger partial charge in [0.05, 0.1) is 23.7 Å². The predicted octanol–water partition coefficient (Wildman–Crippen LogP) is 5.50. The summed E-state index contributed by atoms with van der Waals surface area (Å²) in [5, 5.41) is 33.5. The summed E-state index contributed by atoms with van der Waals surface area (Å²) in [4.78, 5) is 38.8. The summed E-state index contributed by atoms with van der Waals surface area (Å²) in [5.74, 6) is 1.14. The minimum absolute atomic E-state index is 0.0933. The second-order valence-corrected chi connectivity index (χ2v) is 12.7. The Morgan fingerprint density at radius 1 is 0.780 bits per heavy atom. The van der Waals surface area contributed by atoms with E-state index in [1.165, 1.54) is 17.4 Å². The molecule has 0 aliphatic carbocycles. The van der Waals surface area contributed by atoms with E-state index in [4.69, 9.17) is 18.9 Å². The van der Waals surface area contributed by atoms with Crippen molar-refractivity contribution >= 4 is 39.1 Å². The quantitative estimate of drug-likeness (QED) is 0.0968. The van der Waals surface area contributed by atoms with Crippen molar-refractivity contribution in [3.8, 4) is 44.9 Å². The average Bonchev–Trinajstić information content (AvgIpc) is 3.58. The van der Waals surface area contributed by atoms with Gasteiger partial charge in [-0.2, -0.15) is 0 Å². The third-order valence-electron chi connectivity index (χ3n) is 8.37. The van der Waals surface area contributed by atoms with Crippen molar-refractivity contribution < 1.29 is 48.7 Å². The minimum Gasteiger partial charge on any atom is -0.508 e. The molecule has 3 heterocycles. The van der Waals surface area contributed by atoms with E-state index in [9.17, 15) is 29.7 Å². The first-order valence-corrected chi connectivity index (χ1v) is 16.7. The molecule has 0 spiro atoms. The Balaban J connectivity index is 0.876. The van der Waals surface area contributed by atoms with Crippen LogP contribution >= 0.6 is 11.3 Å². The molecule has 3 amide bonds. The number of aromatic hydroxyl groups is 2. The number of imide groups is 1. The molecule has 0 bridgehead atoms. The first kappa shape index (κ1) is 32.9. The number of hydrogen-bond acceptors (Lipinski definition) is 11. The van der Waals surface area contributed by atoms with E-state index in [1.54, 1.807) is 60.7 Å². The highest BCUT2D eigenvalue weighted by Crippen LogP contribution is 2.47. The van der Waals surface area contributed by atoms with Crippen molar-refractivity contribution in [3.05, 3.63) is 96.1 Å². The van der Waals surface area contributed by atoms with Crippen LogP contribution in [0.3, 0.4) is 0 Å². The van der Waals surface area contributed by atoms with Crippen molar-refractivity contribution in [1.29, 1.82) is 0 Å². The second kappa shape index (κ2) is 14.1. The minimum atomic E-state index is -1.29. The molecule has 50 heavy (non-hydrogen) atoms. The van der Waals surface area contributed by atoms with Gasteiger partial charge in [0.15, 0.2) is 12.0 Å². The Morgan fingerprint density at radius 3 is 2.20 bits per heavy atom. The molecule has 2 atom stereocenters. The van der Waals surface area contributed by atoms with Gasteiger partial charge in [0.25, 0.3) is 5.91 Å². The molecule has 1 saturated heterocycles. The van der Waals surface area contributed by atoms with Gasteiger partial charge in [-0.05, 0) is 90.8 Å². The summed E-state index contributed by atoms with van der Waals surface area (Å²) in [6, 6.07) is 23.1. The third-order valence-corrected chi connectivity index (χ3v) is 9.55. The number of ether oxygens (including phenoxy) is 4. The maximum Gasteiger partial charge on any atom is 0.257 e. The lowest BCUT2D eigenvalue weighted by molar-refractivity contribution is -0.139. The van der Waals surface area contributed by atoms with Crippen LogP contribution in [0.25, 0.3) is 20.5 Å². The number of nitrogens with zero attached hydrogens (tertiary/aromatic N) is 1. The molecule has 2 aliphatic heterocycles. The van der Waals surface area contributed by atoms with Crippen LogP contribution in [0.1, 0.15) is 35.0 Å². The number of phenols is 2. The number of nitrogens with one attached hydrogen (secondary N) is 1. The number of carbonyl (C=O) groups is 3. The highest BCUT2D eigenvalue weighted by atomic mass is 32.1. The number of carbonyl (C=O) groups excluding carboxylic acids is 3. The number of amides is 3. The van der Waals surface area contributed by atoms with E-state index in [1.807, 2.05) is 18.2 Å². The number of benzene rings is 4. The number of rotatable bonds is 12. The van der Waals surface area contributed by atoms with E-state index in [2.05, 4.69) is 5.32 Å². The molecule has 256 valence electrons. The fourth-order valence-corrected chi connectivity index (χ4v) is 7.09. The molecule has 12 nitrogen and oxygen atoms in total. The molecule has 1 aromatic heterocycles. The maximum atomic E-state index is 13.1. The molecule has 0 radical (unpaired) electrons. The molecule has 2 aliphatic rings. The number of aliphatic hydroxyl groups is 1. The van der Waals surface area contributed by atoms with E-state index >= 15 is 0 Å². The zero-order chi connectivity index (χ0) is 34.8. The number of thiophene rings is 1. The molecule has 2 unspecified atom stereocenters. The van der Waals surface area contributed by atoms with Gasteiger partial charge in [-0.15, -0.1) is 11.3 Å². The summed E-state index contributed by atoms with van der Waals surface area (Å²) in [5.41, 5.74) is 1.50. The fraction of sp³-hybridized carbons (Fsp3) is 0.216. The van der Waals surface area contributed by atoms with E-state index in [-0.39, 0.29) is 43.1 Å². The lowest BCUT2D eigenvalue weighted by Gasteiger charge is -2.31. The average molecular weight is 697 g/mol. The van der Waals surface area contributed by atoms with Gasteiger partial charge in [0.2, 0.25) is 11.8 Å². The zero-order valence-corrected chi connectivity index (χ0v) is 27.4. The van der Waals surface area contributed by atoms with Gasteiger partial charge in [-0.3, -0.25) is 24.6 Å². The van der Waals surface area contributed by atoms with E-state index < -0.39 is 30.0 Å². The predicted molar refractivity (Wildman–Crippen MR) is 183 cm³/mol. The first-order valence-electron chi connectivity index (χ1n) is 15.9. The van der Waals surface area contributed by atoms with Crippen molar-refractivity contribution in [1.82, 2.24) is 10.2 Å². The van der Waals surface area contributed by atoms with Gasteiger partial charge >= 0.3 is 0 Å². The van der Waals surface area contributed by atoms with Crippen molar-refractivity contribution in [2.24, 2.45) is 0 Å². The first-order chi connectivity index (χ1) is 24.2. The van der Waals surface area contributed by atoms with Gasteiger partial charge in [-0.1, -0.05) is 6.07 Å². The summed E-state index contributed by atoms with van der Waals surface area (Å²) < 4.78 is 24.4. The zero-order valence-electron chi connectivity index (χ0n) is 26.5. The number of aliphatic hydroxyl groups excluding tert-OH is 1. The highest BCUT2D eigenvalue weighted by Gasteiger charge is 2.44. The van der Waals surface area contributed by atoms with Crippen LogP contribution in [0.4, 0.5) is 0 Å². The van der Waals surface area contributed by atoms with Crippen LogP contribution < -0.4 is 19.5 Å². The van der Waals surface area contributed by atoms with Crippen molar-refractivity contribution in [2.45, 2.75) is 25.1 Å². The Morgan fingerprint density at radius 2 is 1.46 bits per heavy atom. The highest BCUT2D eigenvalue weighted by molar-refractivity contribution is 7.22. The van der Waals surface area contributed by atoms with Crippen LogP contribution in [0.2, 0.25) is 0 Å². The Kier molecular flexibility index (Phi) is 9.26. The van der Waals surface area contributed by atoms with Gasteiger partial charge in [-0.25, -0.2) is 0 Å². The van der Waals surface area contributed by atoms with Crippen LogP contribution in [0, 0.1) is 0 Å². The molecule has 0 saturated carbocycles. The molecule has 13 heteroatoms. The Hall–Kier alpha value is -5.63. The second-order valence-electron chi connectivity index (χ2n) is 11.7. The summed E-state index contributed by atoms with van der Waals surface area (Å²) in [6.07, 6.45) is -1.05. The van der Waals surface area contributed by atoms with Crippen LogP contribution in [0.15, 0.2) is 84.9 Å². The molecule has 1 fully saturated rings. The monoisotopic (exact) mass is 696 g/mol. The normalized spacial score (nSPS) is 17.1. The lowest BCUT2D eigenvalue weighted by Crippen LogP contribution is -2.53. The van der Waals surface area contributed by atoms with Crippen LogP contribution in [0.5, 0.6) is 34.5 Å². The number of fused-ring (bicyclic) bond motifs is 2. The Labute approximate surface area is 290 Å². The van der Waals surface area contributed by atoms with Crippen LogP contribution in [-0.4, -0.2) is 70.4 Å². The topological polar surface area (TPSA) is 164 Å². The fourth-order valence-electron chi connectivity index (χ4n) is 5.92. The van der Waals surface area contributed by atoms with Crippen LogP contribution in [-0.2, 0) is 14.3 Å². The van der Waals surface area contributed by atoms with E-state index in [0.717, 1.165) is 25.4 Å². The summed E-state index contributed by atoms with van der Waals surface area (Å²) in [6.45, 7) is 1.08. The van der Waals surface area contributed by atoms with Crippen molar-refractivity contribution in [3.63, 3.8) is 0 Å². The van der Waals surface area contributed by atoms with Gasteiger partial charge < -0.3 is 34.3 Å². The number of hydrogen-bond donors (Lipinski definition) is 4. The number of piperidine rings is 1. The van der Waals surface area contributed by atoms with E-state index in [0.29, 0.717) is 41.8 Å². The molecule has 7 rings (SSSR count). The summed E-state index contributed by atoms with van der Waals surface area (Å²) in [7, 11) is 0. The molecule has 4 aromatic carbocycles. The smallest absolute Gasteiger partial charge is 0.257 e. The molecule has 4 N–H and O–H groups in total. The number of phenolic OH excluding ortho intramolecular Hbond substituents is 2. The lowest BCUT2D eigenvalue weighted by atomic mass is 10.0. The molecular formula is C37H32N2O10S. The van der Waals surface area contributed by atoms with Crippen molar-refractivity contribution in [2.75, 3.05) is 26.4 Å². The largest absolute Gasteiger partial charge is 0.508 e. The van der Waals surface area contributed by atoms with Gasteiger partial charge in [0, 0.05) is 22.1 Å². The summed E-state index contributed by atoms with van der Waals surface area (Å²) >= 11 is 1.49. The SMILES string of the molecule is O=C1CCC(N2C(=O)c3cc(OCCOCCOc4ccc(Oc5c(-c6ccc(O)cc6)sc6cc(O)ccc56)cc4)ccc3C2O)C(=O)N1. The third kappa shape index (κ3) is 6.79. The maximum absolute atomic E-state index is 13.1. The molecular weight excluding hydrogens is 664 g/mol. The standard InChI is InChI=1S/C37H32N2O10S/c40-22-3-1-21(2-4-22)34-33(28-11-5-23(41)19-31(28)50-34)49-25-8-6-24(7-9-25)47-17-15-46-16-18-48-26-10-12-27-29(20-26)37(45)39(36(27)44)30-13-14-32(42)38-35(30)43/h1-12,19-20,30,36,40-41,44H,13-18H2,(H,38,42,43).